The minimum Gasteiger partial charge on any atom is -0.357 e. The van der Waals surface area contributed by atoms with Crippen molar-refractivity contribution in [2.24, 2.45) is 0 Å². The third kappa shape index (κ3) is 1.02. The van der Waals surface area contributed by atoms with Crippen LogP contribution in [-0.2, 0) is 5.75 Å². The van der Waals surface area contributed by atoms with Gasteiger partial charge in [-0.15, -0.1) is 11.8 Å². The van der Waals surface area contributed by atoms with Crippen LogP contribution < -0.4 is 0 Å². The Bertz CT molecular complexity index is 482. The summed E-state index contributed by atoms with van der Waals surface area (Å²) in [5.41, 5.74) is 3.97. The van der Waals surface area contributed by atoms with Gasteiger partial charge in [-0.05, 0) is 17.6 Å². The van der Waals surface area contributed by atoms with Gasteiger partial charge in [0.05, 0.1) is 0 Å². The van der Waals surface area contributed by atoms with E-state index < -0.39 is 0 Å². The Morgan fingerprint density at radius 3 is 3.15 bits per heavy atom. The lowest BCUT2D eigenvalue weighted by molar-refractivity contribution is 1.25. The molecule has 0 amide bonds. The number of hydrogen-bond donors (Lipinski definition) is 1. The molecule has 0 unspecified atom stereocenters. The summed E-state index contributed by atoms with van der Waals surface area (Å²) in [6.07, 6.45) is 2.20. The van der Waals surface area contributed by atoms with E-state index in [4.69, 9.17) is 0 Å². The van der Waals surface area contributed by atoms with Crippen molar-refractivity contribution in [3.8, 4) is 0 Å². The molecule has 0 saturated carbocycles. The van der Waals surface area contributed by atoms with E-state index in [1.165, 1.54) is 22.2 Å². The van der Waals surface area contributed by atoms with E-state index >= 15 is 0 Å². The Hall–Kier alpha value is -1.15. The predicted molar refractivity (Wildman–Crippen MR) is 58.6 cm³/mol. The topological polar surface area (TPSA) is 15.8 Å². The molecule has 0 spiro atoms. The minimum atomic E-state index is 1.07. The Morgan fingerprint density at radius 1 is 1.23 bits per heavy atom. The van der Waals surface area contributed by atoms with E-state index in [1.54, 1.807) is 0 Å². The van der Waals surface area contributed by atoms with Crippen LogP contribution in [0.1, 0.15) is 11.3 Å². The summed E-state index contributed by atoms with van der Waals surface area (Å²) >= 11 is 1.84. The first-order chi connectivity index (χ1) is 6.45. The van der Waals surface area contributed by atoms with Crippen molar-refractivity contribution in [1.82, 2.24) is 4.98 Å². The summed E-state index contributed by atoms with van der Waals surface area (Å²) in [7, 11) is 0. The molecule has 64 valence electrons. The fourth-order valence-electron chi connectivity index (χ4n) is 1.77. The molecule has 3 rings (SSSR count). The molecule has 1 aliphatic rings. The zero-order chi connectivity index (χ0) is 8.67. The van der Waals surface area contributed by atoms with Crippen LogP contribution in [-0.4, -0.2) is 4.98 Å². The van der Waals surface area contributed by atoms with E-state index in [-0.39, 0.29) is 0 Å². The third-order valence-electron chi connectivity index (χ3n) is 2.39. The first-order valence-corrected chi connectivity index (χ1v) is 5.38. The molecule has 2 heteroatoms. The molecule has 1 aromatic carbocycles. The van der Waals surface area contributed by atoms with Gasteiger partial charge in [-0.2, -0.15) is 0 Å². The second kappa shape index (κ2) is 2.67. The van der Waals surface area contributed by atoms with E-state index in [9.17, 15) is 0 Å². The number of fused-ring (bicyclic) bond motifs is 3. The highest BCUT2D eigenvalue weighted by atomic mass is 32.2. The molecule has 1 aliphatic heterocycles. The number of para-hydroxylation sites is 1. The number of aromatic amines is 1. The zero-order valence-corrected chi connectivity index (χ0v) is 7.90. The minimum absolute atomic E-state index is 1.07. The maximum Gasteiger partial charge on any atom is 0.0462 e. The smallest absolute Gasteiger partial charge is 0.0462 e. The van der Waals surface area contributed by atoms with Crippen LogP contribution in [0.3, 0.4) is 0 Å². The number of benzene rings is 1. The maximum atomic E-state index is 3.44. The molecule has 2 heterocycles. The number of aromatic nitrogens is 1. The number of H-pyrrole nitrogens is 1. The van der Waals surface area contributed by atoms with Crippen LogP contribution in [0, 0.1) is 0 Å². The summed E-state index contributed by atoms with van der Waals surface area (Å²) in [6.45, 7) is 0. The van der Waals surface area contributed by atoms with E-state index in [0.29, 0.717) is 0 Å². The number of thioether (sulfide) groups is 1. The molecule has 0 atom stereocenters. The maximum absolute atomic E-state index is 3.44. The normalized spacial score (nSPS) is 14.8. The van der Waals surface area contributed by atoms with Crippen LogP contribution in [0.5, 0.6) is 0 Å². The third-order valence-corrected chi connectivity index (χ3v) is 3.17. The molecule has 0 fully saturated rings. The predicted octanol–water partition coefficient (Wildman–Crippen LogP) is 3.39. The van der Waals surface area contributed by atoms with E-state index in [0.717, 1.165) is 5.75 Å². The van der Waals surface area contributed by atoms with Gasteiger partial charge in [-0.1, -0.05) is 18.2 Å². The lowest BCUT2D eigenvalue weighted by atomic mass is 10.1. The molecule has 0 aliphatic carbocycles. The Balaban J connectivity index is 2.42. The van der Waals surface area contributed by atoms with Gasteiger partial charge >= 0.3 is 0 Å². The van der Waals surface area contributed by atoms with Crippen molar-refractivity contribution in [2.75, 3.05) is 0 Å². The highest BCUT2D eigenvalue weighted by Gasteiger charge is 2.10. The SMILES string of the molecule is C1=Cc2c([nH]c3ccccc23)CS1. The second-order valence-electron chi connectivity index (χ2n) is 3.18. The van der Waals surface area contributed by atoms with E-state index in [2.05, 4.69) is 40.7 Å². The molecular formula is C11H9NS. The van der Waals surface area contributed by atoms with Crippen LogP contribution in [0.4, 0.5) is 0 Å². The summed E-state index contributed by atoms with van der Waals surface area (Å²) in [6, 6.07) is 8.46. The van der Waals surface area contributed by atoms with Crippen molar-refractivity contribution in [3.05, 3.63) is 40.9 Å². The van der Waals surface area contributed by atoms with Crippen LogP contribution >= 0.6 is 11.8 Å². The van der Waals surface area contributed by atoms with Gasteiger partial charge in [0.2, 0.25) is 0 Å². The first-order valence-electron chi connectivity index (χ1n) is 4.33. The van der Waals surface area contributed by atoms with Crippen LogP contribution in [0.15, 0.2) is 29.7 Å². The fraction of sp³-hybridized carbons (Fsp3) is 0.0909. The molecule has 0 bridgehead atoms. The molecule has 0 radical (unpaired) electrons. The molecule has 13 heavy (non-hydrogen) atoms. The Kier molecular flexibility index (Phi) is 1.49. The number of nitrogens with one attached hydrogen (secondary N) is 1. The van der Waals surface area contributed by atoms with Crippen molar-refractivity contribution in [2.45, 2.75) is 5.75 Å². The van der Waals surface area contributed by atoms with Gasteiger partial charge in [0.15, 0.2) is 0 Å². The van der Waals surface area contributed by atoms with Crippen molar-refractivity contribution < 1.29 is 0 Å². The molecule has 2 aromatic rings. The summed E-state index contributed by atoms with van der Waals surface area (Å²) in [4.78, 5) is 3.44. The number of hydrogen-bond acceptors (Lipinski definition) is 1. The average molecular weight is 187 g/mol. The monoisotopic (exact) mass is 187 g/mol. The standard InChI is InChI=1S/C11H9NS/c1-2-4-10-8(3-1)9-5-6-13-7-11(9)12-10/h1-6,12H,7H2. The summed E-state index contributed by atoms with van der Waals surface area (Å²) < 4.78 is 0. The van der Waals surface area contributed by atoms with Gasteiger partial charge in [0, 0.05) is 27.9 Å². The first kappa shape index (κ1) is 7.27. The lowest BCUT2D eigenvalue weighted by Gasteiger charge is -2.02. The molecule has 1 aromatic heterocycles. The van der Waals surface area contributed by atoms with Gasteiger partial charge in [0.25, 0.3) is 0 Å². The molecule has 0 saturated heterocycles. The lowest BCUT2D eigenvalue weighted by Crippen LogP contribution is -1.85. The summed E-state index contributed by atoms with van der Waals surface area (Å²) in [5.74, 6) is 1.07. The average Bonchev–Trinajstić information content (AvgIpc) is 2.56. The van der Waals surface area contributed by atoms with Crippen LogP contribution in [0.2, 0.25) is 0 Å². The Labute approximate surface area is 80.8 Å². The molecular weight excluding hydrogens is 178 g/mol. The van der Waals surface area contributed by atoms with E-state index in [1.807, 2.05) is 11.8 Å². The number of rotatable bonds is 0. The van der Waals surface area contributed by atoms with Crippen molar-refractivity contribution in [3.63, 3.8) is 0 Å². The second-order valence-corrected chi connectivity index (χ2v) is 4.07. The van der Waals surface area contributed by atoms with Crippen LogP contribution in [0.25, 0.3) is 17.0 Å². The highest BCUT2D eigenvalue weighted by molar-refractivity contribution is 8.01. The van der Waals surface area contributed by atoms with Gasteiger partial charge < -0.3 is 4.98 Å². The highest BCUT2D eigenvalue weighted by Crippen LogP contribution is 2.30. The van der Waals surface area contributed by atoms with Gasteiger partial charge in [-0.3, -0.25) is 0 Å². The molecule has 1 N–H and O–H groups in total. The van der Waals surface area contributed by atoms with Crippen molar-refractivity contribution >= 4 is 28.7 Å². The van der Waals surface area contributed by atoms with Gasteiger partial charge in [0.1, 0.15) is 0 Å². The quantitative estimate of drug-likeness (QED) is 0.668. The Morgan fingerprint density at radius 2 is 2.15 bits per heavy atom. The van der Waals surface area contributed by atoms with Crippen molar-refractivity contribution in [1.29, 1.82) is 0 Å². The zero-order valence-electron chi connectivity index (χ0n) is 7.08. The largest absolute Gasteiger partial charge is 0.357 e. The summed E-state index contributed by atoms with van der Waals surface area (Å²) in [5, 5.41) is 3.51. The molecule has 1 nitrogen and oxygen atoms in total. The fourth-order valence-corrected chi connectivity index (χ4v) is 2.49. The van der Waals surface area contributed by atoms with Gasteiger partial charge in [-0.25, -0.2) is 0 Å².